The Bertz CT molecular complexity index is 600. The van der Waals surface area contributed by atoms with Crippen molar-refractivity contribution in [3.8, 4) is 0 Å². The normalized spacial score (nSPS) is 21.0. The van der Waals surface area contributed by atoms with Crippen LogP contribution in [0.4, 0.5) is 5.69 Å². The van der Waals surface area contributed by atoms with Gasteiger partial charge in [-0.15, -0.1) is 0 Å². The van der Waals surface area contributed by atoms with E-state index in [0.717, 1.165) is 6.42 Å². The summed E-state index contributed by atoms with van der Waals surface area (Å²) in [6, 6.07) is 5.63. The molecule has 3 unspecified atom stereocenters. The first-order valence-corrected chi connectivity index (χ1v) is 7.32. The van der Waals surface area contributed by atoms with E-state index >= 15 is 0 Å². The van der Waals surface area contributed by atoms with E-state index in [4.69, 9.17) is 9.78 Å². The smallest absolute Gasteiger partial charge is 0.346 e. The Morgan fingerprint density at radius 3 is 2.57 bits per heavy atom. The zero-order chi connectivity index (χ0) is 17.0. The van der Waals surface area contributed by atoms with Crippen LogP contribution >= 0.6 is 0 Å². The first-order valence-electron chi connectivity index (χ1n) is 7.32. The largest absolute Gasteiger partial charge is 0.352 e. The molecule has 1 aliphatic rings. The molecule has 0 aliphatic carbocycles. The first kappa shape index (κ1) is 16.9. The van der Waals surface area contributed by atoms with Crippen LogP contribution in [-0.4, -0.2) is 28.9 Å². The number of hydrogen-bond acceptors (Lipinski definition) is 6. The first-order chi connectivity index (χ1) is 10.9. The van der Waals surface area contributed by atoms with Crippen molar-refractivity contribution in [1.82, 2.24) is 5.32 Å². The molecule has 1 aromatic rings. The second kappa shape index (κ2) is 7.19. The minimum atomic E-state index is -0.626. The van der Waals surface area contributed by atoms with E-state index in [9.17, 15) is 19.7 Å². The number of nitro groups is 1. The van der Waals surface area contributed by atoms with Gasteiger partial charge in [-0.3, -0.25) is 19.8 Å². The lowest BCUT2D eigenvalue weighted by molar-refractivity contribution is -0.384. The average Bonchev–Trinajstić information content (AvgIpc) is 2.50. The van der Waals surface area contributed by atoms with E-state index in [1.54, 1.807) is 6.92 Å². The number of nitrogens with zero attached hydrogens (tertiary/aromatic N) is 1. The lowest BCUT2D eigenvalue weighted by Crippen LogP contribution is -2.61. The van der Waals surface area contributed by atoms with Crippen molar-refractivity contribution in [2.45, 2.75) is 38.8 Å². The maximum Gasteiger partial charge on any atom is 0.346 e. The minimum absolute atomic E-state index is 0.0332. The van der Waals surface area contributed by atoms with Crippen molar-refractivity contribution in [2.75, 3.05) is 0 Å². The molecular weight excluding hydrogens is 304 g/mol. The number of nitro benzene ring substituents is 1. The highest BCUT2D eigenvalue weighted by Crippen LogP contribution is 2.24. The predicted molar refractivity (Wildman–Crippen MR) is 79.2 cm³/mol. The van der Waals surface area contributed by atoms with E-state index in [1.807, 2.05) is 6.92 Å². The molecule has 0 spiro atoms. The summed E-state index contributed by atoms with van der Waals surface area (Å²) < 4.78 is 0. The second-order valence-corrected chi connectivity index (χ2v) is 5.41. The molecule has 0 saturated carbocycles. The minimum Gasteiger partial charge on any atom is -0.352 e. The van der Waals surface area contributed by atoms with Gasteiger partial charge in [-0.05, 0) is 18.9 Å². The third kappa shape index (κ3) is 4.04. The van der Waals surface area contributed by atoms with Gasteiger partial charge in [0.1, 0.15) is 6.10 Å². The third-order valence-corrected chi connectivity index (χ3v) is 3.80. The molecule has 1 fully saturated rings. The molecule has 1 amide bonds. The summed E-state index contributed by atoms with van der Waals surface area (Å²) in [7, 11) is 0. The molecule has 1 aromatic carbocycles. The number of non-ortho nitro benzene ring substituents is 1. The lowest BCUT2D eigenvalue weighted by atomic mass is 9.85. The van der Waals surface area contributed by atoms with Gasteiger partial charge in [0.15, 0.2) is 0 Å². The van der Waals surface area contributed by atoms with Crippen LogP contribution in [0, 0.1) is 16.0 Å². The molecule has 8 nitrogen and oxygen atoms in total. The van der Waals surface area contributed by atoms with Crippen molar-refractivity contribution in [2.24, 2.45) is 5.92 Å². The zero-order valence-corrected chi connectivity index (χ0v) is 12.9. The van der Waals surface area contributed by atoms with Gasteiger partial charge in [-0.2, -0.15) is 4.89 Å². The number of amides is 1. The Kier molecular flexibility index (Phi) is 5.28. The second-order valence-electron chi connectivity index (χ2n) is 5.41. The highest BCUT2D eigenvalue weighted by Gasteiger charge is 2.43. The van der Waals surface area contributed by atoms with E-state index in [2.05, 4.69) is 5.32 Å². The van der Waals surface area contributed by atoms with Crippen molar-refractivity contribution in [1.29, 1.82) is 0 Å². The number of benzene rings is 1. The Morgan fingerprint density at radius 2 is 2.04 bits per heavy atom. The van der Waals surface area contributed by atoms with Crippen molar-refractivity contribution in [3.63, 3.8) is 0 Å². The lowest BCUT2D eigenvalue weighted by Gasteiger charge is -2.38. The molecule has 1 heterocycles. The van der Waals surface area contributed by atoms with Gasteiger partial charge in [0.25, 0.3) is 5.69 Å². The number of hydrogen-bond donors (Lipinski definition) is 1. The van der Waals surface area contributed by atoms with Crippen LogP contribution in [0.1, 0.15) is 25.8 Å². The molecule has 3 atom stereocenters. The molecule has 2 rings (SSSR count). The fourth-order valence-electron chi connectivity index (χ4n) is 2.47. The number of nitrogens with one attached hydrogen (secondary N) is 1. The van der Waals surface area contributed by atoms with Gasteiger partial charge in [0, 0.05) is 18.2 Å². The summed E-state index contributed by atoms with van der Waals surface area (Å²) in [4.78, 5) is 43.0. The Hall–Kier alpha value is -2.48. The predicted octanol–water partition coefficient (Wildman–Crippen LogP) is 1.53. The number of rotatable bonds is 7. The number of carbonyl (C=O) groups excluding carboxylic acids is 2. The van der Waals surface area contributed by atoms with E-state index in [-0.39, 0.29) is 30.0 Å². The van der Waals surface area contributed by atoms with Crippen molar-refractivity contribution in [3.05, 3.63) is 39.9 Å². The Morgan fingerprint density at radius 1 is 1.39 bits per heavy atom. The van der Waals surface area contributed by atoms with Crippen LogP contribution in [-0.2, 0) is 25.8 Å². The Labute approximate surface area is 132 Å². The van der Waals surface area contributed by atoms with E-state index in [0.29, 0.717) is 5.56 Å². The Balaban J connectivity index is 1.80. The summed E-state index contributed by atoms with van der Waals surface area (Å²) in [5, 5.41) is 13.3. The number of carbonyl (C=O) groups is 2. The maximum atomic E-state index is 11.7. The summed E-state index contributed by atoms with van der Waals surface area (Å²) in [6.45, 7) is 3.62. The summed E-state index contributed by atoms with van der Waals surface area (Å²) in [5.74, 6) is -1.07. The summed E-state index contributed by atoms with van der Waals surface area (Å²) in [6.07, 6.45) is 0.175. The molecule has 0 aromatic heterocycles. The van der Waals surface area contributed by atoms with Crippen molar-refractivity contribution < 1.29 is 24.3 Å². The van der Waals surface area contributed by atoms with Crippen LogP contribution < -0.4 is 5.32 Å². The molecule has 0 radical (unpaired) electrons. The summed E-state index contributed by atoms with van der Waals surface area (Å²) >= 11 is 0. The average molecular weight is 322 g/mol. The molecule has 1 N–H and O–H groups in total. The van der Waals surface area contributed by atoms with Crippen LogP contribution in [0.3, 0.4) is 0 Å². The van der Waals surface area contributed by atoms with Crippen LogP contribution in [0.15, 0.2) is 24.3 Å². The molecule has 1 aliphatic heterocycles. The quantitative estimate of drug-likeness (QED) is 0.353. The maximum absolute atomic E-state index is 11.7. The SMILES string of the molecule is CCC1NC(=O)C1C(C)OOC(=O)Cc1ccc([N+](=O)[O-])cc1. The molecular formula is C15H18N2O6. The van der Waals surface area contributed by atoms with Gasteiger partial charge in [-0.1, -0.05) is 19.1 Å². The molecule has 1 saturated heterocycles. The number of β-lactam (4-membered cyclic amide) rings is 1. The third-order valence-electron chi connectivity index (χ3n) is 3.80. The fraction of sp³-hybridized carbons (Fsp3) is 0.467. The topological polar surface area (TPSA) is 108 Å². The van der Waals surface area contributed by atoms with Crippen LogP contribution in [0.2, 0.25) is 0 Å². The highest BCUT2D eigenvalue weighted by molar-refractivity contribution is 5.86. The van der Waals surface area contributed by atoms with Gasteiger partial charge in [-0.25, -0.2) is 4.79 Å². The zero-order valence-electron chi connectivity index (χ0n) is 12.9. The highest BCUT2D eigenvalue weighted by atomic mass is 17.2. The molecule has 0 bridgehead atoms. The van der Waals surface area contributed by atoms with Gasteiger partial charge in [0.05, 0.1) is 17.3 Å². The van der Waals surface area contributed by atoms with Gasteiger partial charge >= 0.3 is 5.97 Å². The van der Waals surface area contributed by atoms with Crippen LogP contribution in [0.5, 0.6) is 0 Å². The molecule has 23 heavy (non-hydrogen) atoms. The van der Waals surface area contributed by atoms with E-state index < -0.39 is 17.0 Å². The van der Waals surface area contributed by atoms with Gasteiger partial charge in [0.2, 0.25) is 5.91 Å². The summed E-state index contributed by atoms with van der Waals surface area (Å²) in [5.41, 5.74) is 0.526. The van der Waals surface area contributed by atoms with Crippen LogP contribution in [0.25, 0.3) is 0 Å². The van der Waals surface area contributed by atoms with Crippen molar-refractivity contribution >= 4 is 17.6 Å². The molecule has 8 heteroatoms. The fourth-order valence-corrected chi connectivity index (χ4v) is 2.47. The standard InChI is InChI=1S/C15H18N2O6/c1-3-12-14(15(19)16-12)9(2)22-23-13(18)8-10-4-6-11(7-5-10)17(20)21/h4-7,9,12,14H,3,8H2,1-2H3,(H,16,19). The van der Waals surface area contributed by atoms with Gasteiger partial charge < -0.3 is 5.32 Å². The monoisotopic (exact) mass is 322 g/mol. The van der Waals surface area contributed by atoms with E-state index in [1.165, 1.54) is 24.3 Å². The molecule has 124 valence electrons.